The summed E-state index contributed by atoms with van der Waals surface area (Å²) < 4.78 is 30.4. The second-order valence-corrected chi connectivity index (χ2v) is 8.58. The number of hydrogen-bond acceptors (Lipinski definition) is 5. The van der Waals surface area contributed by atoms with E-state index in [-0.39, 0.29) is 10.5 Å². The lowest BCUT2D eigenvalue weighted by molar-refractivity contribution is 0.00692. The largest absolute Gasteiger partial charge is 0.375 e. The van der Waals surface area contributed by atoms with Crippen LogP contribution in [0.25, 0.3) is 11.0 Å². The molecule has 2 N–H and O–H groups in total. The van der Waals surface area contributed by atoms with Gasteiger partial charge in [-0.2, -0.15) is 0 Å². The molecule has 0 atom stereocenters. The molecule has 0 aliphatic rings. The minimum Gasteiger partial charge on any atom is -0.375 e. The third-order valence-electron chi connectivity index (χ3n) is 2.99. The highest BCUT2D eigenvalue weighted by Gasteiger charge is 2.14. The molecule has 0 bridgehead atoms. The normalized spacial score (nSPS) is 13.0. The predicted octanol–water partition coefficient (Wildman–Crippen LogP) is 2.13. The zero-order valence-corrected chi connectivity index (χ0v) is 14.8. The molecule has 122 valence electrons. The summed E-state index contributed by atoms with van der Waals surface area (Å²) in [6, 6.07) is 4.72. The summed E-state index contributed by atoms with van der Waals surface area (Å²) >= 11 is 1.57. The fraction of sp³-hybridized carbons (Fsp3) is 0.500. The molecular formula is C14H21N3O3S2. The Kier molecular flexibility index (Phi) is 4.86. The second-order valence-electron chi connectivity index (χ2n) is 5.96. The third-order valence-corrected chi connectivity index (χ3v) is 4.89. The van der Waals surface area contributed by atoms with Crippen molar-refractivity contribution >= 4 is 32.8 Å². The molecule has 6 nitrogen and oxygen atoms in total. The van der Waals surface area contributed by atoms with Gasteiger partial charge in [-0.15, -0.1) is 0 Å². The van der Waals surface area contributed by atoms with Gasteiger partial charge in [0, 0.05) is 12.8 Å². The van der Waals surface area contributed by atoms with Gasteiger partial charge in [-0.1, -0.05) is 11.8 Å². The van der Waals surface area contributed by atoms with E-state index in [1.807, 2.05) is 32.4 Å². The highest BCUT2D eigenvalue weighted by molar-refractivity contribution is 7.99. The summed E-state index contributed by atoms with van der Waals surface area (Å²) in [5, 5.41) is 5.97. The number of aryl methyl sites for hydroxylation is 1. The van der Waals surface area contributed by atoms with E-state index in [4.69, 9.17) is 9.88 Å². The molecule has 0 fully saturated rings. The first kappa shape index (κ1) is 17.3. The van der Waals surface area contributed by atoms with Crippen LogP contribution in [0.1, 0.15) is 20.8 Å². The molecular weight excluding hydrogens is 322 g/mol. The summed E-state index contributed by atoms with van der Waals surface area (Å²) in [6.07, 6.45) is 0. The van der Waals surface area contributed by atoms with Crippen LogP contribution in [0.4, 0.5) is 0 Å². The van der Waals surface area contributed by atoms with Crippen LogP contribution in [0.15, 0.2) is 28.3 Å². The van der Waals surface area contributed by atoms with Crippen molar-refractivity contribution < 1.29 is 13.2 Å². The highest BCUT2D eigenvalue weighted by Crippen LogP contribution is 2.24. The Balaban J connectivity index is 2.16. The molecule has 2 rings (SSSR count). The first-order valence-corrected chi connectivity index (χ1v) is 9.37. The number of aromatic nitrogens is 2. The minimum absolute atomic E-state index is 0.0747. The molecule has 0 spiro atoms. The number of sulfonamides is 1. The number of primary sulfonamides is 1. The number of nitrogens with two attached hydrogens (primary N) is 1. The fourth-order valence-electron chi connectivity index (χ4n) is 1.94. The standard InChI is InChI=1S/C14H21N3O3S2/c1-14(2,3)20-7-8-21-13-16-11-9-10(22(15,18)19)5-6-12(11)17(13)4/h5-6,9H,7-8H2,1-4H3,(H2,15,18,19). The Bertz CT molecular complexity index is 776. The van der Waals surface area contributed by atoms with Crippen LogP contribution < -0.4 is 5.14 Å². The summed E-state index contributed by atoms with van der Waals surface area (Å²) in [7, 11) is -1.81. The van der Waals surface area contributed by atoms with Crippen molar-refractivity contribution in [3.63, 3.8) is 0 Å². The highest BCUT2D eigenvalue weighted by atomic mass is 32.2. The first-order valence-electron chi connectivity index (χ1n) is 6.84. The molecule has 0 radical (unpaired) electrons. The van der Waals surface area contributed by atoms with E-state index in [0.717, 1.165) is 16.4 Å². The number of nitrogens with zero attached hydrogens (tertiary/aromatic N) is 2. The smallest absolute Gasteiger partial charge is 0.238 e. The summed E-state index contributed by atoms with van der Waals surface area (Å²) in [6.45, 7) is 6.67. The average Bonchev–Trinajstić information content (AvgIpc) is 2.69. The van der Waals surface area contributed by atoms with Crippen LogP contribution in [0.5, 0.6) is 0 Å². The van der Waals surface area contributed by atoms with Gasteiger partial charge in [0.05, 0.1) is 28.1 Å². The number of hydrogen-bond donors (Lipinski definition) is 1. The van der Waals surface area contributed by atoms with Crippen LogP contribution in [-0.2, 0) is 21.8 Å². The lowest BCUT2D eigenvalue weighted by Gasteiger charge is -2.19. The first-order chi connectivity index (χ1) is 10.1. The Morgan fingerprint density at radius 2 is 2.05 bits per heavy atom. The Hall–Kier alpha value is -1.09. The van der Waals surface area contributed by atoms with Gasteiger partial charge in [-0.3, -0.25) is 0 Å². The van der Waals surface area contributed by atoms with E-state index in [1.165, 1.54) is 12.1 Å². The Morgan fingerprint density at radius 1 is 1.36 bits per heavy atom. The number of fused-ring (bicyclic) bond motifs is 1. The van der Waals surface area contributed by atoms with Gasteiger partial charge in [0.25, 0.3) is 0 Å². The summed E-state index contributed by atoms with van der Waals surface area (Å²) in [5.41, 5.74) is 1.33. The zero-order valence-electron chi connectivity index (χ0n) is 13.2. The number of rotatable bonds is 5. The molecule has 0 saturated heterocycles. The average molecular weight is 343 g/mol. The van der Waals surface area contributed by atoms with Crippen molar-refractivity contribution in [1.82, 2.24) is 9.55 Å². The minimum atomic E-state index is -3.71. The lowest BCUT2D eigenvalue weighted by Crippen LogP contribution is -2.20. The predicted molar refractivity (Wildman–Crippen MR) is 88.5 cm³/mol. The topological polar surface area (TPSA) is 87.2 Å². The van der Waals surface area contributed by atoms with E-state index in [0.29, 0.717) is 12.1 Å². The molecule has 0 saturated carbocycles. The van der Waals surface area contributed by atoms with Crippen molar-refractivity contribution in [2.75, 3.05) is 12.4 Å². The molecule has 8 heteroatoms. The summed E-state index contributed by atoms with van der Waals surface area (Å²) in [5.74, 6) is 0.774. The molecule has 0 amide bonds. The van der Waals surface area contributed by atoms with Crippen LogP contribution >= 0.6 is 11.8 Å². The van der Waals surface area contributed by atoms with Crippen molar-refractivity contribution in [2.24, 2.45) is 12.2 Å². The SMILES string of the molecule is Cn1c(SCCOC(C)(C)C)nc2cc(S(N)(=O)=O)ccc21. The molecule has 1 aromatic heterocycles. The van der Waals surface area contributed by atoms with E-state index < -0.39 is 10.0 Å². The number of imidazole rings is 1. The molecule has 2 aromatic rings. The van der Waals surface area contributed by atoms with Crippen molar-refractivity contribution in [1.29, 1.82) is 0 Å². The van der Waals surface area contributed by atoms with Crippen LogP contribution in [-0.4, -0.2) is 35.9 Å². The lowest BCUT2D eigenvalue weighted by atomic mass is 10.2. The van der Waals surface area contributed by atoms with E-state index in [1.54, 1.807) is 17.8 Å². The fourth-order valence-corrected chi connectivity index (χ4v) is 3.28. The van der Waals surface area contributed by atoms with Crippen LogP contribution in [0.3, 0.4) is 0 Å². The maximum absolute atomic E-state index is 11.4. The molecule has 22 heavy (non-hydrogen) atoms. The number of benzene rings is 1. The van der Waals surface area contributed by atoms with Gasteiger partial charge in [0.1, 0.15) is 0 Å². The van der Waals surface area contributed by atoms with Gasteiger partial charge in [-0.25, -0.2) is 18.5 Å². The van der Waals surface area contributed by atoms with E-state index in [2.05, 4.69) is 4.98 Å². The van der Waals surface area contributed by atoms with Gasteiger partial charge < -0.3 is 9.30 Å². The van der Waals surface area contributed by atoms with E-state index in [9.17, 15) is 8.42 Å². The molecule has 0 unspecified atom stereocenters. The van der Waals surface area contributed by atoms with Gasteiger partial charge in [0.15, 0.2) is 5.16 Å². The third kappa shape index (κ3) is 4.22. The van der Waals surface area contributed by atoms with E-state index >= 15 is 0 Å². The van der Waals surface area contributed by atoms with Gasteiger partial charge in [0.2, 0.25) is 10.0 Å². The van der Waals surface area contributed by atoms with Gasteiger partial charge >= 0.3 is 0 Å². The molecule has 1 heterocycles. The maximum Gasteiger partial charge on any atom is 0.238 e. The van der Waals surface area contributed by atoms with Crippen molar-refractivity contribution in [3.05, 3.63) is 18.2 Å². The Labute approximate surface area is 135 Å². The second kappa shape index (κ2) is 6.19. The summed E-state index contributed by atoms with van der Waals surface area (Å²) in [4.78, 5) is 4.55. The van der Waals surface area contributed by atoms with Crippen LogP contribution in [0.2, 0.25) is 0 Å². The Morgan fingerprint density at radius 3 is 2.64 bits per heavy atom. The maximum atomic E-state index is 11.4. The zero-order chi connectivity index (χ0) is 16.5. The van der Waals surface area contributed by atoms with Crippen LogP contribution in [0, 0.1) is 0 Å². The molecule has 0 aliphatic heterocycles. The molecule has 1 aromatic carbocycles. The van der Waals surface area contributed by atoms with Crippen molar-refractivity contribution in [3.8, 4) is 0 Å². The molecule has 0 aliphatic carbocycles. The number of thioether (sulfide) groups is 1. The quantitative estimate of drug-likeness (QED) is 0.664. The van der Waals surface area contributed by atoms with Gasteiger partial charge in [-0.05, 0) is 39.0 Å². The number of ether oxygens (including phenoxy) is 1. The monoisotopic (exact) mass is 343 g/mol. The van der Waals surface area contributed by atoms with Crippen molar-refractivity contribution in [2.45, 2.75) is 36.4 Å².